The van der Waals surface area contributed by atoms with Gasteiger partial charge in [0, 0.05) is 38.4 Å². The lowest BCUT2D eigenvalue weighted by atomic mass is 10.1. The van der Waals surface area contributed by atoms with Gasteiger partial charge in [-0.2, -0.15) is 0 Å². The summed E-state index contributed by atoms with van der Waals surface area (Å²) in [6.45, 7) is 5.51. The number of ether oxygens (including phenoxy) is 4. The lowest BCUT2D eigenvalue weighted by Gasteiger charge is -2.28. The third-order valence-electron chi connectivity index (χ3n) is 4.91. The van der Waals surface area contributed by atoms with Gasteiger partial charge < -0.3 is 18.9 Å². The third-order valence-corrected chi connectivity index (χ3v) is 4.91. The summed E-state index contributed by atoms with van der Waals surface area (Å²) in [5, 5.41) is 0. The predicted molar refractivity (Wildman–Crippen MR) is 92.7 cm³/mol. The van der Waals surface area contributed by atoms with Crippen LogP contribution in [0.15, 0.2) is 18.2 Å². The van der Waals surface area contributed by atoms with Crippen molar-refractivity contribution in [3.8, 4) is 11.5 Å². The van der Waals surface area contributed by atoms with Gasteiger partial charge in [0.05, 0.1) is 26.9 Å². The molecular weight excluding hydrogens is 306 g/mol. The molecular formula is C19H29NO4. The van der Waals surface area contributed by atoms with Gasteiger partial charge in [0.25, 0.3) is 0 Å². The highest BCUT2D eigenvalue weighted by atomic mass is 16.5. The summed E-state index contributed by atoms with van der Waals surface area (Å²) >= 11 is 0. The van der Waals surface area contributed by atoms with Gasteiger partial charge in [-0.3, -0.25) is 4.90 Å². The maximum absolute atomic E-state index is 5.86. The lowest BCUT2D eigenvalue weighted by Crippen LogP contribution is -2.36. The van der Waals surface area contributed by atoms with E-state index < -0.39 is 0 Å². The van der Waals surface area contributed by atoms with Crippen LogP contribution >= 0.6 is 0 Å². The first kappa shape index (κ1) is 17.5. The maximum Gasteiger partial charge on any atom is 0.123 e. The van der Waals surface area contributed by atoms with Gasteiger partial charge in [-0.1, -0.05) is 0 Å². The Kier molecular flexibility index (Phi) is 6.35. The molecule has 3 rings (SSSR count). The van der Waals surface area contributed by atoms with Crippen molar-refractivity contribution in [3.63, 3.8) is 0 Å². The largest absolute Gasteiger partial charge is 0.497 e. The minimum atomic E-state index is 0.351. The molecule has 0 N–H and O–H groups in total. The number of nitrogens with zero attached hydrogens (tertiary/aromatic N) is 1. The summed E-state index contributed by atoms with van der Waals surface area (Å²) in [7, 11) is 3.42. The van der Waals surface area contributed by atoms with Crippen molar-refractivity contribution in [1.29, 1.82) is 0 Å². The Bertz CT molecular complexity index is 492. The SMILES string of the molecule is COc1ccc(OC)c(CN(CC2CCOC2)CC2CCCO2)c1. The molecule has 1 aromatic carbocycles. The first-order chi connectivity index (χ1) is 11.8. The molecule has 2 saturated heterocycles. The maximum atomic E-state index is 5.86. The minimum absolute atomic E-state index is 0.351. The summed E-state index contributed by atoms with van der Waals surface area (Å²) in [6.07, 6.45) is 3.83. The molecule has 134 valence electrons. The number of methoxy groups -OCH3 is 2. The molecule has 0 amide bonds. The zero-order chi connectivity index (χ0) is 16.8. The second-order valence-corrected chi connectivity index (χ2v) is 6.74. The fraction of sp³-hybridized carbons (Fsp3) is 0.684. The van der Waals surface area contributed by atoms with Crippen molar-refractivity contribution in [2.75, 3.05) is 47.1 Å². The Hall–Kier alpha value is -1.30. The molecule has 2 fully saturated rings. The van der Waals surface area contributed by atoms with Crippen LogP contribution in [0.4, 0.5) is 0 Å². The van der Waals surface area contributed by atoms with Crippen LogP contribution in [0.3, 0.4) is 0 Å². The van der Waals surface area contributed by atoms with Gasteiger partial charge in [-0.25, -0.2) is 0 Å². The average Bonchev–Trinajstić information content (AvgIpc) is 3.28. The summed E-state index contributed by atoms with van der Waals surface area (Å²) in [5.41, 5.74) is 1.16. The summed E-state index contributed by atoms with van der Waals surface area (Å²) in [5.74, 6) is 2.39. The Morgan fingerprint density at radius 2 is 2.04 bits per heavy atom. The minimum Gasteiger partial charge on any atom is -0.497 e. The zero-order valence-corrected chi connectivity index (χ0v) is 14.8. The van der Waals surface area contributed by atoms with Gasteiger partial charge in [-0.05, 0) is 43.4 Å². The predicted octanol–water partition coefficient (Wildman–Crippen LogP) is 2.72. The molecule has 2 unspecified atom stereocenters. The molecule has 2 aliphatic heterocycles. The van der Waals surface area contributed by atoms with E-state index in [0.717, 1.165) is 69.4 Å². The highest BCUT2D eigenvalue weighted by Gasteiger charge is 2.24. The van der Waals surface area contributed by atoms with Crippen molar-refractivity contribution >= 4 is 0 Å². The molecule has 5 nitrogen and oxygen atoms in total. The van der Waals surface area contributed by atoms with Gasteiger partial charge in [0.2, 0.25) is 0 Å². The van der Waals surface area contributed by atoms with E-state index in [9.17, 15) is 0 Å². The van der Waals surface area contributed by atoms with E-state index in [4.69, 9.17) is 18.9 Å². The number of hydrogen-bond donors (Lipinski definition) is 0. The number of rotatable bonds is 8. The molecule has 1 aromatic rings. The van der Waals surface area contributed by atoms with E-state index >= 15 is 0 Å². The molecule has 0 aliphatic carbocycles. The Labute approximate surface area is 144 Å². The van der Waals surface area contributed by atoms with Crippen molar-refractivity contribution in [2.45, 2.75) is 31.9 Å². The highest BCUT2D eigenvalue weighted by Crippen LogP contribution is 2.27. The monoisotopic (exact) mass is 335 g/mol. The lowest BCUT2D eigenvalue weighted by molar-refractivity contribution is 0.0628. The van der Waals surface area contributed by atoms with E-state index in [1.807, 2.05) is 12.1 Å². The van der Waals surface area contributed by atoms with Crippen LogP contribution in [-0.2, 0) is 16.0 Å². The van der Waals surface area contributed by atoms with Crippen molar-refractivity contribution in [1.82, 2.24) is 4.90 Å². The second-order valence-electron chi connectivity index (χ2n) is 6.74. The summed E-state index contributed by atoms with van der Waals surface area (Å²) in [4.78, 5) is 2.49. The van der Waals surface area contributed by atoms with E-state index in [0.29, 0.717) is 12.0 Å². The van der Waals surface area contributed by atoms with E-state index in [1.165, 1.54) is 6.42 Å². The Morgan fingerprint density at radius 1 is 1.12 bits per heavy atom. The second kappa shape index (κ2) is 8.70. The van der Waals surface area contributed by atoms with Gasteiger partial charge in [0.15, 0.2) is 0 Å². The molecule has 5 heteroatoms. The first-order valence-electron chi connectivity index (χ1n) is 8.91. The van der Waals surface area contributed by atoms with Crippen LogP contribution in [0.1, 0.15) is 24.8 Å². The Morgan fingerprint density at radius 3 is 2.71 bits per heavy atom. The topological polar surface area (TPSA) is 40.2 Å². The molecule has 0 radical (unpaired) electrons. The summed E-state index contributed by atoms with van der Waals surface area (Å²) in [6, 6.07) is 6.00. The number of hydrogen-bond acceptors (Lipinski definition) is 5. The highest BCUT2D eigenvalue weighted by molar-refractivity contribution is 5.40. The molecule has 0 saturated carbocycles. The van der Waals surface area contributed by atoms with Crippen LogP contribution in [0, 0.1) is 5.92 Å². The van der Waals surface area contributed by atoms with Crippen LogP contribution in [0.2, 0.25) is 0 Å². The fourth-order valence-corrected chi connectivity index (χ4v) is 3.62. The van der Waals surface area contributed by atoms with Crippen LogP contribution in [0.25, 0.3) is 0 Å². The normalized spacial score (nSPS) is 23.8. The van der Waals surface area contributed by atoms with Crippen molar-refractivity contribution < 1.29 is 18.9 Å². The quantitative estimate of drug-likeness (QED) is 0.730. The smallest absolute Gasteiger partial charge is 0.123 e. The Balaban J connectivity index is 1.71. The van der Waals surface area contributed by atoms with Crippen LogP contribution < -0.4 is 9.47 Å². The van der Waals surface area contributed by atoms with E-state index in [1.54, 1.807) is 14.2 Å². The molecule has 2 heterocycles. The molecule has 2 aliphatic rings. The first-order valence-corrected chi connectivity index (χ1v) is 8.91. The molecule has 0 aromatic heterocycles. The molecule has 2 atom stereocenters. The molecule has 0 bridgehead atoms. The average molecular weight is 335 g/mol. The van der Waals surface area contributed by atoms with Crippen molar-refractivity contribution in [3.05, 3.63) is 23.8 Å². The van der Waals surface area contributed by atoms with Gasteiger partial charge in [-0.15, -0.1) is 0 Å². The van der Waals surface area contributed by atoms with Crippen LogP contribution in [0.5, 0.6) is 11.5 Å². The van der Waals surface area contributed by atoms with Crippen LogP contribution in [-0.4, -0.2) is 58.1 Å². The van der Waals surface area contributed by atoms with Gasteiger partial charge >= 0.3 is 0 Å². The molecule has 24 heavy (non-hydrogen) atoms. The molecule has 0 spiro atoms. The number of benzene rings is 1. The van der Waals surface area contributed by atoms with Crippen molar-refractivity contribution in [2.24, 2.45) is 5.92 Å². The summed E-state index contributed by atoms with van der Waals surface area (Å²) < 4.78 is 22.3. The van der Waals surface area contributed by atoms with E-state index in [-0.39, 0.29) is 0 Å². The van der Waals surface area contributed by atoms with Gasteiger partial charge in [0.1, 0.15) is 11.5 Å². The van der Waals surface area contributed by atoms with E-state index in [2.05, 4.69) is 11.0 Å². The standard InChI is InChI=1S/C19H29NO4/c1-21-17-5-6-19(22-2)16(10-17)12-20(11-15-7-9-23-14-15)13-18-4-3-8-24-18/h5-6,10,15,18H,3-4,7-9,11-14H2,1-2H3. The fourth-order valence-electron chi connectivity index (χ4n) is 3.62. The zero-order valence-electron chi connectivity index (χ0n) is 14.8. The third kappa shape index (κ3) is 4.62.